The van der Waals surface area contributed by atoms with Crippen LogP contribution in [0.2, 0.25) is 0 Å². The van der Waals surface area contributed by atoms with Crippen molar-refractivity contribution in [2.45, 2.75) is 12.1 Å². The van der Waals surface area contributed by atoms with Gasteiger partial charge in [0.1, 0.15) is 0 Å². The van der Waals surface area contributed by atoms with Crippen LogP contribution < -0.4 is 10.1 Å². The van der Waals surface area contributed by atoms with Crippen molar-refractivity contribution in [1.29, 1.82) is 0 Å². The van der Waals surface area contributed by atoms with E-state index in [0.29, 0.717) is 5.56 Å². The zero-order valence-electron chi connectivity index (χ0n) is 14.4. The van der Waals surface area contributed by atoms with Gasteiger partial charge in [0.2, 0.25) is 5.54 Å². The molecule has 0 saturated heterocycles. The Morgan fingerprint density at radius 3 is 2.58 bits per heavy atom. The Balaban J connectivity index is 2.37. The summed E-state index contributed by atoms with van der Waals surface area (Å²) >= 11 is 0. The molecular weight excluding hydrogens is 347 g/mol. The quantitative estimate of drug-likeness (QED) is 0.610. The highest BCUT2D eigenvalue weighted by Gasteiger charge is 2.45. The lowest BCUT2D eigenvalue weighted by Gasteiger charge is -2.30. The Labute approximate surface area is 149 Å². The summed E-state index contributed by atoms with van der Waals surface area (Å²) < 4.78 is 28.4. The summed E-state index contributed by atoms with van der Waals surface area (Å²) in [6, 6.07) is 2.94. The first-order valence-electron chi connectivity index (χ1n) is 7.40. The van der Waals surface area contributed by atoms with E-state index in [1.54, 1.807) is 6.07 Å². The van der Waals surface area contributed by atoms with Crippen molar-refractivity contribution in [3.05, 3.63) is 29.1 Å². The topological polar surface area (TPSA) is 94.2 Å². The number of carbonyl (C=O) groups is 3. The second kappa shape index (κ2) is 7.31. The molecule has 1 aliphatic heterocycles. The second-order valence-electron chi connectivity index (χ2n) is 5.43. The molecule has 2 rings (SSSR count). The van der Waals surface area contributed by atoms with Gasteiger partial charge in [0.05, 0.1) is 33.4 Å². The van der Waals surface area contributed by atoms with Crippen molar-refractivity contribution >= 4 is 18.0 Å². The minimum atomic E-state index is -1.99. The lowest BCUT2D eigenvalue weighted by atomic mass is 10.00. The van der Waals surface area contributed by atoms with E-state index in [1.165, 1.54) is 13.2 Å². The van der Waals surface area contributed by atoms with Gasteiger partial charge in [0.25, 0.3) is 5.91 Å². The van der Waals surface area contributed by atoms with E-state index in [9.17, 15) is 18.8 Å². The van der Waals surface area contributed by atoms with Gasteiger partial charge in [-0.25, -0.2) is 14.0 Å². The number of nitrogens with zero attached hydrogens (tertiary/aromatic N) is 1. The zero-order chi connectivity index (χ0) is 19.5. The first kappa shape index (κ1) is 19.1. The maximum atomic E-state index is 14.4. The number of methoxy groups -OCH3 is 3. The molecule has 1 N–H and O–H groups in total. The van der Waals surface area contributed by atoms with Gasteiger partial charge in [-0.05, 0) is 11.6 Å². The number of benzene rings is 1. The number of amides is 2. The summed E-state index contributed by atoms with van der Waals surface area (Å²) in [5.74, 6) is -0.394. The Bertz CT molecular complexity index is 803. The first-order valence-corrected chi connectivity index (χ1v) is 7.40. The molecule has 0 bridgehead atoms. The molecule has 1 aromatic carbocycles. The number of rotatable bonds is 5. The molecule has 1 heterocycles. The van der Waals surface area contributed by atoms with Gasteiger partial charge >= 0.3 is 12.1 Å². The molecule has 0 aliphatic carbocycles. The third-order valence-corrected chi connectivity index (χ3v) is 3.98. The van der Waals surface area contributed by atoms with Crippen molar-refractivity contribution in [2.75, 3.05) is 27.9 Å². The van der Waals surface area contributed by atoms with Crippen molar-refractivity contribution in [1.82, 2.24) is 10.2 Å². The minimum Gasteiger partial charge on any atom is -0.494 e. The summed E-state index contributed by atoms with van der Waals surface area (Å²) in [4.78, 5) is 37.5. The third-order valence-electron chi connectivity index (χ3n) is 3.98. The van der Waals surface area contributed by atoms with Crippen LogP contribution in [0, 0.1) is 18.2 Å². The van der Waals surface area contributed by atoms with Crippen LogP contribution in [0.5, 0.6) is 5.75 Å². The summed E-state index contributed by atoms with van der Waals surface area (Å²) in [6.07, 6.45) is 4.46. The highest BCUT2D eigenvalue weighted by molar-refractivity contribution is 6.00. The molecule has 0 radical (unpaired) electrons. The fourth-order valence-electron chi connectivity index (χ4n) is 2.66. The summed E-state index contributed by atoms with van der Waals surface area (Å²) in [7, 11) is 3.45. The molecule has 0 saturated carbocycles. The van der Waals surface area contributed by atoms with Gasteiger partial charge in [-0.15, -0.1) is 6.42 Å². The number of fused-ring (bicyclic) bond motifs is 1. The van der Waals surface area contributed by atoms with Crippen LogP contribution in [0.3, 0.4) is 0 Å². The van der Waals surface area contributed by atoms with E-state index in [0.717, 1.165) is 19.1 Å². The SMILES string of the molecule is C#C[C@](CN1Cc2ccc(OC)c(F)c2C1=O)(NC(=O)OC)C(=O)OC. The molecule has 0 aromatic heterocycles. The molecule has 9 heteroatoms. The van der Waals surface area contributed by atoms with Gasteiger partial charge in [-0.1, -0.05) is 12.0 Å². The standard InChI is InChI=1S/C17H17FN2O6/c1-5-17(15(22)25-3,19-16(23)26-4)9-20-8-10-6-7-11(24-2)13(18)12(10)14(20)21/h1,6-7H,8-9H2,2-4H3,(H,19,23)/t17-/m1/s1. The van der Waals surface area contributed by atoms with Crippen molar-refractivity contribution in [2.24, 2.45) is 0 Å². The smallest absolute Gasteiger partial charge is 0.408 e. The average Bonchev–Trinajstić information content (AvgIpc) is 2.96. The molecule has 2 amide bonds. The molecule has 0 fully saturated rings. The summed E-state index contributed by atoms with van der Waals surface area (Å²) in [5, 5.41) is 2.21. The fraction of sp³-hybridized carbons (Fsp3) is 0.353. The van der Waals surface area contributed by atoms with Crippen LogP contribution in [0.1, 0.15) is 15.9 Å². The zero-order valence-corrected chi connectivity index (χ0v) is 14.4. The normalized spacial score (nSPS) is 14.7. The highest BCUT2D eigenvalue weighted by Crippen LogP contribution is 2.31. The molecule has 1 aromatic rings. The van der Waals surface area contributed by atoms with E-state index in [2.05, 4.69) is 20.7 Å². The number of carbonyl (C=O) groups excluding carboxylic acids is 3. The number of esters is 1. The second-order valence-corrected chi connectivity index (χ2v) is 5.43. The molecule has 26 heavy (non-hydrogen) atoms. The molecule has 0 spiro atoms. The fourth-order valence-corrected chi connectivity index (χ4v) is 2.66. The molecule has 138 valence electrons. The number of hydrogen-bond donors (Lipinski definition) is 1. The van der Waals surface area contributed by atoms with Crippen LogP contribution in [0.4, 0.5) is 9.18 Å². The van der Waals surface area contributed by atoms with Gasteiger partial charge in [-0.3, -0.25) is 10.1 Å². The van der Waals surface area contributed by atoms with Crippen LogP contribution >= 0.6 is 0 Å². The van der Waals surface area contributed by atoms with Crippen LogP contribution in [-0.2, 0) is 20.8 Å². The molecule has 1 atom stereocenters. The number of halogens is 1. The Kier molecular flexibility index (Phi) is 5.35. The number of alkyl carbamates (subject to hydrolysis) is 1. The van der Waals surface area contributed by atoms with E-state index in [-0.39, 0.29) is 17.9 Å². The number of hydrogen-bond acceptors (Lipinski definition) is 6. The van der Waals surface area contributed by atoms with E-state index < -0.39 is 35.9 Å². The predicted molar refractivity (Wildman–Crippen MR) is 86.8 cm³/mol. The Morgan fingerprint density at radius 1 is 1.35 bits per heavy atom. The Hall–Kier alpha value is -3.28. The van der Waals surface area contributed by atoms with Crippen LogP contribution in [0.25, 0.3) is 0 Å². The van der Waals surface area contributed by atoms with E-state index >= 15 is 0 Å². The van der Waals surface area contributed by atoms with Crippen molar-refractivity contribution in [3.8, 4) is 18.1 Å². The summed E-state index contributed by atoms with van der Waals surface area (Å²) in [6.45, 7) is -0.432. The maximum Gasteiger partial charge on any atom is 0.408 e. The van der Waals surface area contributed by atoms with Crippen LogP contribution in [0.15, 0.2) is 12.1 Å². The molecular formula is C17H17FN2O6. The third kappa shape index (κ3) is 3.13. The average molecular weight is 364 g/mol. The predicted octanol–water partition coefficient (Wildman–Crippen LogP) is 0.691. The van der Waals surface area contributed by atoms with Crippen molar-refractivity contribution in [3.63, 3.8) is 0 Å². The van der Waals surface area contributed by atoms with Crippen LogP contribution in [-0.4, -0.2) is 56.3 Å². The molecule has 1 aliphatic rings. The van der Waals surface area contributed by atoms with Gasteiger partial charge in [-0.2, -0.15) is 0 Å². The highest BCUT2D eigenvalue weighted by atomic mass is 19.1. The van der Waals surface area contributed by atoms with Gasteiger partial charge < -0.3 is 19.1 Å². The maximum absolute atomic E-state index is 14.4. The number of ether oxygens (including phenoxy) is 3. The Morgan fingerprint density at radius 2 is 2.04 bits per heavy atom. The van der Waals surface area contributed by atoms with Crippen molar-refractivity contribution < 1.29 is 33.0 Å². The first-order chi connectivity index (χ1) is 12.3. The lowest BCUT2D eigenvalue weighted by Crippen LogP contribution is -2.60. The van der Waals surface area contributed by atoms with E-state index in [1.807, 2.05) is 0 Å². The van der Waals surface area contributed by atoms with Gasteiger partial charge in [0.15, 0.2) is 11.6 Å². The summed E-state index contributed by atoms with van der Waals surface area (Å²) in [5.41, 5.74) is -1.75. The van der Waals surface area contributed by atoms with E-state index in [4.69, 9.17) is 11.2 Å². The molecule has 8 nitrogen and oxygen atoms in total. The minimum absolute atomic E-state index is 0.00163. The van der Waals surface area contributed by atoms with Gasteiger partial charge in [0, 0.05) is 6.54 Å². The largest absolute Gasteiger partial charge is 0.494 e. The number of nitrogens with one attached hydrogen (secondary N) is 1. The molecule has 0 unspecified atom stereocenters. The lowest BCUT2D eigenvalue weighted by molar-refractivity contribution is -0.146. The monoisotopic (exact) mass is 364 g/mol. The number of terminal acetylenes is 1.